The molecule has 0 fully saturated rings. The number of nitrogens with one attached hydrogen (secondary N) is 1. The molecule has 0 spiro atoms. The summed E-state index contributed by atoms with van der Waals surface area (Å²) >= 11 is 0. The van der Waals surface area contributed by atoms with Gasteiger partial charge in [-0.3, -0.25) is 19.5 Å². The molecule has 8 heteroatoms. The molecule has 0 bridgehead atoms. The van der Waals surface area contributed by atoms with Gasteiger partial charge in [-0.1, -0.05) is 57.2 Å². The van der Waals surface area contributed by atoms with Crippen LogP contribution in [0.3, 0.4) is 0 Å². The quantitative estimate of drug-likeness (QED) is 0.336. The molecule has 4 aromatic rings. The molecule has 1 unspecified atom stereocenters. The first kappa shape index (κ1) is 26.0. The third-order valence-electron chi connectivity index (χ3n) is 6.36. The molecule has 0 saturated heterocycles. The molecule has 2 aromatic carbocycles. The summed E-state index contributed by atoms with van der Waals surface area (Å²) in [5.74, 6) is 0.280. The van der Waals surface area contributed by atoms with Crippen LogP contribution in [0, 0.1) is 5.92 Å². The lowest BCUT2D eigenvalue weighted by atomic mass is 10.0. The van der Waals surface area contributed by atoms with Gasteiger partial charge in [-0.15, -0.1) is 5.10 Å². The Bertz CT molecular complexity index is 1330. The highest BCUT2D eigenvalue weighted by molar-refractivity contribution is 6.01. The fourth-order valence-corrected chi connectivity index (χ4v) is 4.24. The van der Waals surface area contributed by atoms with Gasteiger partial charge in [0, 0.05) is 24.6 Å². The molecule has 0 saturated carbocycles. The zero-order valence-electron chi connectivity index (χ0n) is 21.8. The van der Waals surface area contributed by atoms with Gasteiger partial charge in [-0.05, 0) is 65.8 Å². The van der Waals surface area contributed by atoms with Crippen LogP contribution in [0.1, 0.15) is 57.2 Å². The zero-order valence-corrected chi connectivity index (χ0v) is 21.8. The average Bonchev–Trinajstić information content (AvgIpc) is 3.30. The van der Waals surface area contributed by atoms with Crippen LogP contribution in [0.15, 0.2) is 73.1 Å². The Morgan fingerprint density at radius 3 is 2.30 bits per heavy atom. The van der Waals surface area contributed by atoms with Gasteiger partial charge in [0.1, 0.15) is 18.1 Å². The van der Waals surface area contributed by atoms with Gasteiger partial charge in [-0.25, -0.2) is 4.68 Å². The molecule has 1 N–H and O–H groups in total. The number of amides is 2. The van der Waals surface area contributed by atoms with Crippen molar-refractivity contribution in [3.8, 4) is 0 Å². The van der Waals surface area contributed by atoms with Crippen LogP contribution in [0.5, 0.6) is 0 Å². The maximum Gasteiger partial charge on any atom is 0.249 e. The molecule has 8 nitrogen and oxygen atoms in total. The minimum atomic E-state index is -0.873. The molecule has 192 valence electrons. The number of rotatable bonds is 10. The number of carbonyl (C=O) groups is 2. The largest absolute Gasteiger partial charge is 0.354 e. The van der Waals surface area contributed by atoms with Crippen molar-refractivity contribution < 1.29 is 9.59 Å². The predicted octanol–water partition coefficient (Wildman–Crippen LogP) is 4.89. The third kappa shape index (κ3) is 6.20. The van der Waals surface area contributed by atoms with Gasteiger partial charge < -0.3 is 5.32 Å². The monoisotopic (exact) mass is 498 g/mol. The lowest BCUT2D eigenvalue weighted by Gasteiger charge is -2.32. The van der Waals surface area contributed by atoms with Gasteiger partial charge in [0.2, 0.25) is 11.8 Å². The summed E-state index contributed by atoms with van der Waals surface area (Å²) in [7, 11) is 0. The Morgan fingerprint density at radius 1 is 0.919 bits per heavy atom. The Morgan fingerprint density at radius 2 is 1.62 bits per heavy atom. The Balaban J connectivity index is 1.75. The molecule has 2 aromatic heterocycles. The van der Waals surface area contributed by atoms with E-state index in [1.54, 1.807) is 34.1 Å². The van der Waals surface area contributed by atoms with Crippen molar-refractivity contribution in [2.75, 3.05) is 11.4 Å². The Kier molecular flexibility index (Phi) is 8.28. The summed E-state index contributed by atoms with van der Waals surface area (Å²) < 4.78 is 1.58. The number of aromatic nitrogens is 4. The molecule has 1 atom stereocenters. The number of para-hydroxylation sites is 1. The first-order valence-electron chi connectivity index (χ1n) is 12.7. The Labute approximate surface area is 217 Å². The van der Waals surface area contributed by atoms with Gasteiger partial charge in [-0.2, -0.15) is 0 Å². The van der Waals surface area contributed by atoms with E-state index in [0.717, 1.165) is 17.5 Å². The lowest BCUT2D eigenvalue weighted by Crippen LogP contribution is -2.45. The summed E-state index contributed by atoms with van der Waals surface area (Å²) in [6.07, 6.45) is 4.12. The van der Waals surface area contributed by atoms with Crippen LogP contribution in [0.2, 0.25) is 0 Å². The van der Waals surface area contributed by atoms with E-state index in [-0.39, 0.29) is 18.4 Å². The Hall–Kier alpha value is -4.07. The number of benzene rings is 2. The summed E-state index contributed by atoms with van der Waals surface area (Å²) in [5, 5.41) is 11.4. The first-order valence-corrected chi connectivity index (χ1v) is 12.7. The molecular weight excluding hydrogens is 464 g/mol. The smallest absolute Gasteiger partial charge is 0.249 e. The second-order valence-electron chi connectivity index (χ2n) is 9.90. The van der Waals surface area contributed by atoms with Crippen LogP contribution in [0.4, 0.5) is 5.69 Å². The SMILES string of the molecule is CC(C)CCNC(=O)C(c1ccncc1)N(C(=O)Cn1nnc2ccccc21)c1ccc(C(C)C)cc1. The number of nitrogens with zero attached hydrogens (tertiary/aromatic N) is 5. The maximum absolute atomic E-state index is 14.0. The van der Waals surface area contributed by atoms with Gasteiger partial charge >= 0.3 is 0 Å². The number of carbonyl (C=O) groups excluding carboxylic acids is 2. The topological polar surface area (TPSA) is 93.0 Å². The summed E-state index contributed by atoms with van der Waals surface area (Å²) in [5.41, 5.74) is 3.94. The van der Waals surface area contributed by atoms with E-state index in [1.165, 1.54) is 0 Å². The average molecular weight is 499 g/mol. The van der Waals surface area contributed by atoms with E-state index in [0.29, 0.717) is 35.1 Å². The van der Waals surface area contributed by atoms with E-state index in [1.807, 2.05) is 48.5 Å². The minimum Gasteiger partial charge on any atom is -0.354 e. The summed E-state index contributed by atoms with van der Waals surface area (Å²) in [6.45, 7) is 8.93. The van der Waals surface area contributed by atoms with Crippen molar-refractivity contribution >= 4 is 28.5 Å². The van der Waals surface area contributed by atoms with Crippen LogP contribution < -0.4 is 10.2 Å². The fraction of sp³-hybridized carbons (Fsp3) is 0.345. The molecule has 0 aliphatic carbocycles. The van der Waals surface area contributed by atoms with E-state index < -0.39 is 6.04 Å². The minimum absolute atomic E-state index is 0.0622. The van der Waals surface area contributed by atoms with Crippen molar-refractivity contribution in [1.29, 1.82) is 0 Å². The molecule has 0 aliphatic rings. The fourth-order valence-electron chi connectivity index (χ4n) is 4.24. The van der Waals surface area contributed by atoms with Crippen LogP contribution in [-0.2, 0) is 16.1 Å². The van der Waals surface area contributed by atoms with Gasteiger partial charge in [0.15, 0.2) is 0 Å². The van der Waals surface area contributed by atoms with Crippen molar-refractivity contribution in [3.05, 3.63) is 84.2 Å². The number of fused-ring (bicyclic) bond motifs is 1. The second kappa shape index (κ2) is 11.8. The van der Waals surface area contributed by atoms with Crippen molar-refractivity contribution in [3.63, 3.8) is 0 Å². The lowest BCUT2D eigenvalue weighted by molar-refractivity contribution is -0.127. The predicted molar refractivity (Wildman–Crippen MR) is 145 cm³/mol. The summed E-state index contributed by atoms with van der Waals surface area (Å²) in [6, 6.07) is 18.0. The van der Waals surface area contributed by atoms with Crippen LogP contribution in [0.25, 0.3) is 11.0 Å². The molecule has 2 heterocycles. The third-order valence-corrected chi connectivity index (χ3v) is 6.36. The second-order valence-corrected chi connectivity index (χ2v) is 9.90. The van der Waals surface area contributed by atoms with Gasteiger partial charge in [0.05, 0.1) is 5.52 Å². The molecule has 0 aliphatic heterocycles. The van der Waals surface area contributed by atoms with E-state index in [2.05, 4.69) is 48.3 Å². The van der Waals surface area contributed by atoms with Crippen molar-refractivity contribution in [2.45, 2.75) is 52.6 Å². The highest BCUT2D eigenvalue weighted by atomic mass is 16.2. The van der Waals surface area contributed by atoms with Crippen molar-refractivity contribution in [2.24, 2.45) is 5.92 Å². The van der Waals surface area contributed by atoms with Crippen LogP contribution >= 0.6 is 0 Å². The number of anilines is 1. The van der Waals surface area contributed by atoms with Gasteiger partial charge in [0.25, 0.3) is 0 Å². The number of hydrogen-bond donors (Lipinski definition) is 1. The maximum atomic E-state index is 14.0. The number of hydrogen-bond acceptors (Lipinski definition) is 5. The first-order chi connectivity index (χ1) is 17.8. The standard InChI is InChI=1S/C29H34N6O2/c1-20(2)13-18-31-29(37)28(23-14-16-30-17-15-23)35(24-11-9-22(10-12-24)21(3)4)27(36)19-34-26-8-6-5-7-25(26)32-33-34/h5-12,14-17,20-21,28H,13,18-19H2,1-4H3,(H,31,37). The van der Waals surface area contributed by atoms with Crippen LogP contribution in [-0.4, -0.2) is 38.3 Å². The zero-order chi connectivity index (χ0) is 26.4. The van der Waals surface area contributed by atoms with E-state index >= 15 is 0 Å². The molecule has 37 heavy (non-hydrogen) atoms. The number of pyridine rings is 1. The molecule has 0 radical (unpaired) electrons. The van der Waals surface area contributed by atoms with Crippen molar-refractivity contribution in [1.82, 2.24) is 25.3 Å². The molecule has 4 rings (SSSR count). The summed E-state index contributed by atoms with van der Waals surface area (Å²) in [4.78, 5) is 33.4. The van der Waals surface area contributed by atoms with E-state index in [4.69, 9.17) is 0 Å². The molecular formula is C29H34N6O2. The van der Waals surface area contributed by atoms with E-state index in [9.17, 15) is 9.59 Å². The highest BCUT2D eigenvalue weighted by Crippen LogP contribution is 2.30. The normalized spacial score (nSPS) is 12.2. The highest BCUT2D eigenvalue weighted by Gasteiger charge is 2.33. The molecule has 2 amide bonds.